The number of phenolic OH excluding ortho intramolecular Hbond substituents is 4. The second-order valence-electron chi connectivity index (χ2n) is 33.0. The SMILES string of the molecule is COc1ccc(C2(c3ccc(O)cc3)c3ccccc3-c3ccccc32)cc1.COc1ccc(C2(c3ccc(O)cc3)c3ccccc3-c3ccccc32)cc1.Oc1ccc(C2(c3ccc(OC4CCC(Oc5ccc(C6(c7ccc(O)cc7)c7ccccc7-c7ccccc76)cc5)CC4)cc3)c3ccccc3-c3ccccc32)cc1.c1ccc2ccccc2c1. The van der Waals surface area contributed by atoms with Crippen LogP contribution in [0.15, 0.2) is 437 Å². The molecule has 0 atom stereocenters. The second-order valence-corrected chi connectivity index (χ2v) is 33.0. The summed E-state index contributed by atoms with van der Waals surface area (Å²) in [4.78, 5) is 0. The molecule has 1 saturated carbocycles. The number of hydrogen-bond acceptors (Lipinski definition) is 8. The van der Waals surface area contributed by atoms with Gasteiger partial charge in [-0.05, 0) is 267 Å². The van der Waals surface area contributed by atoms with Crippen LogP contribution in [-0.2, 0) is 21.7 Å². The molecule has 0 radical (unpaired) electrons. The van der Waals surface area contributed by atoms with E-state index < -0.39 is 21.7 Å². The summed E-state index contributed by atoms with van der Waals surface area (Å²) in [5.74, 6) is 4.48. The van der Waals surface area contributed by atoms with Crippen molar-refractivity contribution in [3.8, 4) is 90.5 Å². The van der Waals surface area contributed by atoms with Crippen molar-refractivity contribution in [2.24, 2.45) is 0 Å². The van der Waals surface area contributed by atoms with Gasteiger partial charge in [0, 0.05) is 0 Å². The molecule has 0 aliphatic heterocycles. The molecule has 0 spiro atoms. The van der Waals surface area contributed by atoms with Crippen LogP contribution in [0.1, 0.15) is 115 Å². The number of ether oxygens (including phenoxy) is 4. The Hall–Kier alpha value is -15.4. The minimum Gasteiger partial charge on any atom is -0.508 e. The molecule has 0 aromatic heterocycles. The number of hydrogen-bond donors (Lipinski definition) is 4. The highest BCUT2D eigenvalue weighted by molar-refractivity contribution is 5.91. The highest BCUT2D eigenvalue weighted by atomic mass is 16.5. The monoisotopic (exact) mass is 1640 g/mol. The van der Waals surface area contributed by atoms with Crippen LogP contribution in [0, 0.1) is 0 Å². The van der Waals surface area contributed by atoms with Crippen LogP contribution < -0.4 is 18.9 Å². The van der Waals surface area contributed by atoms with Crippen molar-refractivity contribution in [2.45, 2.75) is 59.6 Å². The molecule has 23 rings (SSSR count). The Morgan fingerprint density at radius 3 is 0.508 bits per heavy atom. The van der Waals surface area contributed by atoms with Gasteiger partial charge in [0.25, 0.3) is 0 Å². The summed E-state index contributed by atoms with van der Waals surface area (Å²) in [6.07, 6.45) is 3.90. The Kier molecular flexibility index (Phi) is 21.0. The Morgan fingerprint density at radius 2 is 0.333 bits per heavy atom. The summed E-state index contributed by atoms with van der Waals surface area (Å²) < 4.78 is 24.1. The van der Waals surface area contributed by atoms with Crippen LogP contribution >= 0.6 is 0 Å². The number of fused-ring (bicyclic) bond motifs is 13. The Balaban J connectivity index is 0.000000125. The van der Waals surface area contributed by atoms with Crippen molar-refractivity contribution >= 4 is 10.8 Å². The second kappa shape index (κ2) is 33.5. The number of aromatic hydroxyl groups is 4. The average molecular weight is 1640 g/mol. The van der Waals surface area contributed by atoms with E-state index in [4.69, 9.17) is 18.9 Å². The van der Waals surface area contributed by atoms with E-state index in [1.165, 1.54) is 111 Å². The molecule has 4 N–H and O–H groups in total. The third kappa shape index (κ3) is 13.6. The van der Waals surface area contributed by atoms with Crippen LogP contribution in [0.4, 0.5) is 0 Å². The fourth-order valence-corrected chi connectivity index (χ4v) is 21.0. The zero-order valence-electron chi connectivity index (χ0n) is 70.0. The molecule has 18 aromatic rings. The average Bonchev–Trinajstić information content (AvgIpc) is 1.53. The largest absolute Gasteiger partial charge is 0.508 e. The molecule has 8 nitrogen and oxygen atoms in total. The van der Waals surface area contributed by atoms with E-state index in [0.29, 0.717) is 0 Å². The minimum atomic E-state index is -0.523. The zero-order chi connectivity index (χ0) is 85.4. The zero-order valence-corrected chi connectivity index (χ0v) is 70.0. The van der Waals surface area contributed by atoms with Crippen molar-refractivity contribution in [3.05, 3.63) is 526 Å². The summed E-state index contributed by atoms with van der Waals surface area (Å²) >= 11 is 0. The first kappa shape index (κ1) is 79.1. The maximum atomic E-state index is 10.2. The van der Waals surface area contributed by atoms with Crippen LogP contribution in [0.5, 0.6) is 46.0 Å². The summed E-state index contributed by atoms with van der Waals surface area (Å²) in [6.45, 7) is 0. The third-order valence-corrected chi connectivity index (χ3v) is 26.5. The summed E-state index contributed by atoms with van der Waals surface area (Å²) in [7, 11) is 3.37. The molecule has 5 aliphatic carbocycles. The lowest BCUT2D eigenvalue weighted by molar-refractivity contribution is 0.0806. The fraction of sp³-hybridized carbons (Fsp3) is 0.102. The van der Waals surface area contributed by atoms with E-state index >= 15 is 0 Å². The molecule has 0 bridgehead atoms. The first-order valence-electron chi connectivity index (χ1n) is 43.2. The molecule has 5 aliphatic rings. The molecule has 1 fully saturated rings. The normalized spacial score (nSPS) is 15.3. The van der Waals surface area contributed by atoms with Crippen LogP contribution in [0.3, 0.4) is 0 Å². The number of methoxy groups -OCH3 is 2. The van der Waals surface area contributed by atoms with Crippen molar-refractivity contribution in [2.75, 3.05) is 14.2 Å². The minimum absolute atomic E-state index is 0.115. The van der Waals surface area contributed by atoms with Crippen molar-refractivity contribution in [3.63, 3.8) is 0 Å². The Labute approximate surface area is 735 Å². The van der Waals surface area contributed by atoms with Gasteiger partial charge in [-0.2, -0.15) is 0 Å². The van der Waals surface area contributed by atoms with Crippen molar-refractivity contribution in [1.82, 2.24) is 0 Å². The van der Waals surface area contributed by atoms with E-state index in [0.717, 1.165) is 82.1 Å². The number of benzene rings is 18. The summed E-state index contributed by atoms with van der Waals surface area (Å²) in [5, 5.41) is 42.9. The first-order valence-corrected chi connectivity index (χ1v) is 43.2. The molecule has 612 valence electrons. The quantitative estimate of drug-likeness (QED) is 0.0851. The van der Waals surface area contributed by atoms with E-state index in [-0.39, 0.29) is 35.2 Å². The van der Waals surface area contributed by atoms with Gasteiger partial charge in [0.15, 0.2) is 0 Å². The maximum absolute atomic E-state index is 10.2. The molecule has 8 heteroatoms. The Bertz CT molecular complexity index is 6320. The standard InChI is InChI=1S/C56H44O4.2C26H20O2.C10H8/c57-41-25-17-37(18-26-41)55(51-13-5-1-9-47(51)48-10-2-6-14-52(48)55)39-21-29-43(30-22-39)59-45-33-35-46(36-34-45)60-44-31-23-40(24-32-44)56(38-19-27-42(58)28-20-38)53-15-7-3-11-49(53)50-12-4-8-16-54(50)56;2*1-28-21-16-12-19(13-17-21)26(18-10-14-20(27)15-11-18)24-8-4-2-6-22(24)23-7-3-5-9-25(23)26;1-2-6-10-8-4-3-7-9(10)5-1/h1-32,45-46,57-58H,33-36H2;2*2-17,27H,1H3;1-8H. The predicted molar refractivity (Wildman–Crippen MR) is 506 cm³/mol. The smallest absolute Gasteiger partial charge is 0.119 e. The molecule has 0 amide bonds. The highest BCUT2D eigenvalue weighted by Crippen LogP contribution is 2.61. The predicted octanol–water partition coefficient (Wildman–Crippen LogP) is 27.0. The maximum Gasteiger partial charge on any atom is 0.119 e. The van der Waals surface area contributed by atoms with Gasteiger partial charge in [-0.25, -0.2) is 0 Å². The van der Waals surface area contributed by atoms with Crippen LogP contribution in [-0.4, -0.2) is 46.9 Å². The third-order valence-electron chi connectivity index (χ3n) is 26.5. The first-order chi connectivity index (χ1) is 62.0. The van der Waals surface area contributed by atoms with Gasteiger partial charge in [-0.15, -0.1) is 0 Å². The van der Waals surface area contributed by atoms with E-state index in [2.05, 4.69) is 340 Å². The lowest BCUT2D eigenvalue weighted by Crippen LogP contribution is -2.30. The van der Waals surface area contributed by atoms with Crippen LogP contribution in [0.2, 0.25) is 0 Å². The van der Waals surface area contributed by atoms with Gasteiger partial charge in [0.05, 0.1) is 48.1 Å². The lowest BCUT2D eigenvalue weighted by Gasteiger charge is -2.34. The van der Waals surface area contributed by atoms with E-state index in [1.54, 1.807) is 62.8 Å². The van der Waals surface area contributed by atoms with Gasteiger partial charge in [0.2, 0.25) is 0 Å². The molecule has 0 heterocycles. The molecular formula is C118H92O8. The van der Waals surface area contributed by atoms with Crippen molar-refractivity contribution in [1.29, 1.82) is 0 Å². The molecular weight excluding hydrogens is 1550 g/mol. The fourth-order valence-electron chi connectivity index (χ4n) is 21.0. The highest BCUT2D eigenvalue weighted by Gasteiger charge is 2.50. The molecule has 18 aromatic carbocycles. The molecule has 0 unspecified atom stereocenters. The number of rotatable bonds is 14. The summed E-state index contributed by atoms with van der Waals surface area (Å²) in [5.41, 5.74) is 27.2. The van der Waals surface area contributed by atoms with Gasteiger partial charge in [-0.3, -0.25) is 0 Å². The van der Waals surface area contributed by atoms with E-state index in [1.807, 2.05) is 48.5 Å². The van der Waals surface area contributed by atoms with E-state index in [9.17, 15) is 20.4 Å². The molecule has 126 heavy (non-hydrogen) atoms. The lowest BCUT2D eigenvalue weighted by atomic mass is 9.68. The van der Waals surface area contributed by atoms with Gasteiger partial charge in [0.1, 0.15) is 46.0 Å². The Morgan fingerprint density at radius 1 is 0.183 bits per heavy atom. The van der Waals surface area contributed by atoms with Crippen molar-refractivity contribution < 1.29 is 39.4 Å². The summed E-state index contributed by atoms with van der Waals surface area (Å²) in [6, 6.07) is 150. The van der Waals surface area contributed by atoms with Gasteiger partial charge >= 0.3 is 0 Å². The van der Waals surface area contributed by atoms with Gasteiger partial charge < -0.3 is 39.4 Å². The topological polar surface area (TPSA) is 118 Å². The van der Waals surface area contributed by atoms with Crippen LogP contribution in [0.25, 0.3) is 55.3 Å². The molecule has 0 saturated heterocycles. The van der Waals surface area contributed by atoms with Gasteiger partial charge in [-0.1, -0.05) is 340 Å². The number of phenols is 4.